The fourth-order valence-electron chi connectivity index (χ4n) is 1.74. The van der Waals surface area contributed by atoms with E-state index >= 15 is 0 Å². The van der Waals surface area contributed by atoms with E-state index in [0.29, 0.717) is 30.3 Å². The van der Waals surface area contributed by atoms with Gasteiger partial charge in [0.2, 0.25) is 0 Å². The molecule has 1 aromatic rings. The van der Waals surface area contributed by atoms with E-state index in [-0.39, 0.29) is 18.0 Å². The fourth-order valence-corrected chi connectivity index (χ4v) is 1.74. The molecule has 0 aliphatic rings. The summed E-state index contributed by atoms with van der Waals surface area (Å²) < 4.78 is 12.4. The zero-order chi connectivity index (χ0) is 15.2. The lowest BCUT2D eigenvalue weighted by atomic mass is 10.0. The van der Waals surface area contributed by atoms with E-state index in [9.17, 15) is 9.18 Å². The molecule has 1 aromatic carbocycles. The van der Waals surface area contributed by atoms with Gasteiger partial charge < -0.3 is 11.1 Å². The molecule has 0 unspecified atom stereocenters. The average Bonchev–Trinajstić information content (AvgIpc) is 2.38. The van der Waals surface area contributed by atoms with Crippen molar-refractivity contribution in [3.8, 4) is 0 Å². The lowest BCUT2D eigenvalue weighted by Gasteiger charge is -2.20. The summed E-state index contributed by atoms with van der Waals surface area (Å²) in [4.78, 5) is 11.9. The van der Waals surface area contributed by atoms with Crippen LogP contribution in [0, 0.1) is 0 Å². The van der Waals surface area contributed by atoms with E-state index in [1.807, 2.05) is 32.9 Å². The van der Waals surface area contributed by atoms with E-state index in [4.69, 9.17) is 5.73 Å². The third-order valence-corrected chi connectivity index (χ3v) is 2.86. The monoisotopic (exact) mass is 278 g/mol. The number of hydrogen-bond donors (Lipinski definition) is 2. The van der Waals surface area contributed by atoms with Crippen molar-refractivity contribution in [2.24, 2.45) is 5.73 Å². The molecule has 0 fully saturated rings. The van der Waals surface area contributed by atoms with Gasteiger partial charge in [-0.25, -0.2) is 4.39 Å². The summed E-state index contributed by atoms with van der Waals surface area (Å²) in [7, 11) is 0. The maximum Gasteiger partial charge on any atom is 0.251 e. The molecular formula is C16H23FN2O. The highest BCUT2D eigenvalue weighted by Crippen LogP contribution is 2.11. The minimum atomic E-state index is -0.252. The second-order valence-corrected chi connectivity index (χ2v) is 5.87. The van der Waals surface area contributed by atoms with E-state index in [2.05, 4.69) is 5.32 Å². The number of carbonyl (C=O) groups excluding carboxylic acids is 1. The number of benzene rings is 1. The Kier molecular flexibility index (Phi) is 5.89. The maximum atomic E-state index is 12.4. The van der Waals surface area contributed by atoms with Gasteiger partial charge in [0.15, 0.2) is 0 Å². The Morgan fingerprint density at radius 2 is 1.90 bits per heavy atom. The molecule has 110 valence electrons. The predicted octanol–water partition coefficient (Wildman–Crippen LogP) is 2.96. The van der Waals surface area contributed by atoms with Crippen molar-refractivity contribution in [3.05, 3.63) is 47.3 Å². The number of nitrogens with two attached hydrogens (primary N) is 1. The van der Waals surface area contributed by atoms with Gasteiger partial charge in [0.05, 0.1) is 6.33 Å². The summed E-state index contributed by atoms with van der Waals surface area (Å²) in [6.45, 7) is 6.06. The third kappa shape index (κ3) is 5.53. The molecule has 0 radical (unpaired) electrons. The molecule has 0 aromatic heterocycles. The Balaban J connectivity index is 2.63. The van der Waals surface area contributed by atoms with Crippen LogP contribution in [-0.2, 0) is 6.42 Å². The van der Waals surface area contributed by atoms with Gasteiger partial charge in [-0.3, -0.25) is 4.79 Å². The van der Waals surface area contributed by atoms with Gasteiger partial charge in [0.25, 0.3) is 5.91 Å². The van der Waals surface area contributed by atoms with E-state index in [1.54, 1.807) is 12.1 Å². The van der Waals surface area contributed by atoms with Gasteiger partial charge in [-0.05, 0) is 56.9 Å². The average molecular weight is 278 g/mol. The number of rotatable bonds is 5. The van der Waals surface area contributed by atoms with Gasteiger partial charge in [0, 0.05) is 17.6 Å². The number of amides is 1. The SMILES string of the molecule is CC(C)(C)NC(=O)c1ccc(CC/C(=C/F)CN)cc1. The largest absolute Gasteiger partial charge is 0.347 e. The number of halogens is 1. The highest BCUT2D eigenvalue weighted by Gasteiger charge is 2.14. The normalized spacial score (nSPS) is 12.3. The second kappa shape index (κ2) is 7.20. The van der Waals surface area contributed by atoms with Crippen molar-refractivity contribution in [2.75, 3.05) is 6.54 Å². The standard InChI is InChI=1S/C16H23FN2O/c1-16(2,3)19-15(20)14-8-6-12(7-9-14)4-5-13(10-17)11-18/h6-10H,4-5,11,18H2,1-3H3,(H,19,20)/b13-10-. The Bertz CT molecular complexity index is 472. The molecule has 4 heteroatoms. The van der Waals surface area contributed by atoms with Crippen molar-refractivity contribution in [3.63, 3.8) is 0 Å². The van der Waals surface area contributed by atoms with Gasteiger partial charge in [-0.1, -0.05) is 12.1 Å². The minimum absolute atomic E-state index is 0.0876. The molecule has 0 aliphatic carbocycles. The summed E-state index contributed by atoms with van der Waals surface area (Å²) in [5.41, 5.74) is 7.44. The number of hydrogen-bond acceptors (Lipinski definition) is 2. The van der Waals surface area contributed by atoms with Crippen molar-refractivity contribution in [1.29, 1.82) is 0 Å². The molecule has 0 saturated heterocycles. The van der Waals surface area contributed by atoms with E-state index in [0.717, 1.165) is 5.56 Å². The lowest BCUT2D eigenvalue weighted by Crippen LogP contribution is -2.40. The first-order valence-corrected chi connectivity index (χ1v) is 6.75. The van der Waals surface area contributed by atoms with Gasteiger partial charge in [-0.15, -0.1) is 0 Å². The first-order chi connectivity index (χ1) is 9.35. The molecule has 0 atom stereocenters. The molecule has 20 heavy (non-hydrogen) atoms. The van der Waals surface area contributed by atoms with Crippen LogP contribution in [0.25, 0.3) is 0 Å². The molecule has 0 saturated carbocycles. The maximum absolute atomic E-state index is 12.4. The summed E-state index contributed by atoms with van der Waals surface area (Å²) >= 11 is 0. The molecule has 0 spiro atoms. The quantitative estimate of drug-likeness (QED) is 0.870. The second-order valence-electron chi connectivity index (χ2n) is 5.87. The summed E-state index contributed by atoms with van der Waals surface area (Å²) in [6.07, 6.45) is 1.89. The Morgan fingerprint density at radius 1 is 1.30 bits per heavy atom. The summed E-state index contributed by atoms with van der Waals surface area (Å²) in [5, 5.41) is 2.91. The van der Waals surface area contributed by atoms with Crippen molar-refractivity contribution in [2.45, 2.75) is 39.2 Å². The highest BCUT2D eigenvalue weighted by molar-refractivity contribution is 5.94. The van der Waals surface area contributed by atoms with E-state index in [1.165, 1.54) is 0 Å². The van der Waals surface area contributed by atoms with E-state index < -0.39 is 0 Å². The van der Waals surface area contributed by atoms with Gasteiger partial charge in [-0.2, -0.15) is 0 Å². The van der Waals surface area contributed by atoms with Crippen LogP contribution in [0.15, 0.2) is 36.2 Å². The molecule has 3 N–H and O–H groups in total. The van der Waals surface area contributed by atoms with Crippen LogP contribution >= 0.6 is 0 Å². The molecule has 1 amide bonds. The number of aryl methyl sites for hydroxylation is 1. The Hall–Kier alpha value is -1.68. The van der Waals surface area contributed by atoms with Crippen LogP contribution < -0.4 is 11.1 Å². The molecule has 1 rings (SSSR count). The number of nitrogens with one attached hydrogen (secondary N) is 1. The van der Waals surface area contributed by atoms with Crippen LogP contribution in [0.1, 0.15) is 43.1 Å². The van der Waals surface area contributed by atoms with Crippen LogP contribution in [0.5, 0.6) is 0 Å². The lowest BCUT2D eigenvalue weighted by molar-refractivity contribution is 0.0919. The Labute approximate surface area is 120 Å². The molecular weight excluding hydrogens is 255 g/mol. The van der Waals surface area contributed by atoms with Crippen molar-refractivity contribution < 1.29 is 9.18 Å². The van der Waals surface area contributed by atoms with Gasteiger partial charge in [0.1, 0.15) is 0 Å². The third-order valence-electron chi connectivity index (χ3n) is 2.86. The number of carbonyl (C=O) groups is 1. The highest BCUT2D eigenvalue weighted by atomic mass is 19.1. The van der Waals surface area contributed by atoms with Crippen LogP contribution in [0.2, 0.25) is 0 Å². The molecule has 0 aliphatic heterocycles. The fraction of sp³-hybridized carbons (Fsp3) is 0.438. The summed E-state index contributed by atoms with van der Waals surface area (Å²) in [6, 6.07) is 7.36. The van der Waals surface area contributed by atoms with Crippen LogP contribution in [0.4, 0.5) is 4.39 Å². The van der Waals surface area contributed by atoms with Crippen molar-refractivity contribution >= 4 is 5.91 Å². The van der Waals surface area contributed by atoms with Crippen molar-refractivity contribution in [1.82, 2.24) is 5.32 Å². The van der Waals surface area contributed by atoms with Crippen LogP contribution in [-0.4, -0.2) is 18.0 Å². The molecule has 0 bridgehead atoms. The molecule has 0 heterocycles. The van der Waals surface area contributed by atoms with Crippen LogP contribution in [0.3, 0.4) is 0 Å². The molecule has 3 nitrogen and oxygen atoms in total. The smallest absolute Gasteiger partial charge is 0.251 e. The Morgan fingerprint density at radius 3 is 2.35 bits per heavy atom. The summed E-state index contributed by atoms with van der Waals surface area (Å²) in [5.74, 6) is -0.0876. The minimum Gasteiger partial charge on any atom is -0.347 e. The predicted molar refractivity (Wildman–Crippen MR) is 80.2 cm³/mol. The van der Waals surface area contributed by atoms with Gasteiger partial charge >= 0.3 is 0 Å². The zero-order valence-corrected chi connectivity index (χ0v) is 12.4. The first-order valence-electron chi connectivity index (χ1n) is 6.75. The first kappa shape index (κ1) is 16.4. The topological polar surface area (TPSA) is 55.1 Å². The zero-order valence-electron chi connectivity index (χ0n) is 12.4.